The molecule has 168 valence electrons. The molecule has 3 aromatic rings. The molecule has 0 spiro atoms. The zero-order chi connectivity index (χ0) is 23.0. The Morgan fingerprint density at radius 3 is 2.69 bits per heavy atom. The van der Waals surface area contributed by atoms with Crippen molar-refractivity contribution in [1.82, 2.24) is 24.4 Å². The maximum Gasteiger partial charge on any atom is 0.259 e. The normalized spacial score (nSPS) is 17.0. The third-order valence-corrected chi connectivity index (χ3v) is 6.13. The quantitative estimate of drug-likeness (QED) is 0.612. The highest BCUT2D eigenvalue weighted by Crippen LogP contribution is 2.22. The lowest BCUT2D eigenvalue weighted by molar-refractivity contribution is -0.140. The molecule has 0 bridgehead atoms. The maximum atomic E-state index is 13.0. The number of aromatic nitrogens is 3. The van der Waals surface area contributed by atoms with Gasteiger partial charge in [-0.25, -0.2) is 9.50 Å². The van der Waals surface area contributed by atoms with E-state index in [1.807, 2.05) is 13.1 Å². The molecule has 0 saturated carbocycles. The van der Waals surface area contributed by atoms with Crippen molar-refractivity contribution in [3.8, 4) is 0 Å². The van der Waals surface area contributed by atoms with E-state index >= 15 is 0 Å². The second-order valence-corrected chi connectivity index (χ2v) is 8.97. The van der Waals surface area contributed by atoms with E-state index in [0.717, 1.165) is 5.56 Å². The molecule has 1 saturated heterocycles. The number of nitrogens with zero attached hydrogens (tertiary/aromatic N) is 5. The number of likely N-dealkylation sites (tertiary alicyclic amines) is 1. The van der Waals surface area contributed by atoms with Crippen LogP contribution in [0.3, 0.4) is 0 Å². The number of rotatable bonds is 5. The first-order valence-corrected chi connectivity index (χ1v) is 11.0. The molecule has 32 heavy (non-hydrogen) atoms. The number of carbonyl (C=O) groups excluding carboxylic acids is 2. The highest BCUT2D eigenvalue weighted by Gasteiger charge is 2.34. The highest BCUT2D eigenvalue weighted by atomic mass is 35.5. The van der Waals surface area contributed by atoms with E-state index in [2.05, 4.69) is 10.1 Å². The molecule has 2 unspecified atom stereocenters. The van der Waals surface area contributed by atoms with Crippen molar-refractivity contribution in [1.29, 1.82) is 0 Å². The Kier molecular flexibility index (Phi) is 6.37. The molecule has 0 aliphatic carbocycles. The minimum atomic E-state index is -1.23. The summed E-state index contributed by atoms with van der Waals surface area (Å²) in [5.41, 5.74) is 2.55. The van der Waals surface area contributed by atoms with E-state index in [1.165, 1.54) is 11.1 Å². The first kappa shape index (κ1) is 22.5. The molecule has 4 rings (SSSR count). The van der Waals surface area contributed by atoms with Gasteiger partial charge in [-0.15, -0.1) is 0 Å². The number of carbonyl (C=O) groups is 2. The molecule has 8 nitrogen and oxygen atoms in total. The summed E-state index contributed by atoms with van der Waals surface area (Å²) in [7, 11) is 1.65. The van der Waals surface area contributed by atoms with E-state index in [4.69, 9.17) is 23.2 Å². The Hall–Kier alpha value is -2.68. The molecule has 2 aromatic heterocycles. The first-order chi connectivity index (χ1) is 15.2. The number of amides is 2. The summed E-state index contributed by atoms with van der Waals surface area (Å²) in [6.07, 6.45) is 4.52. The van der Waals surface area contributed by atoms with Gasteiger partial charge in [0.2, 0.25) is 0 Å². The third-order valence-electron chi connectivity index (χ3n) is 5.70. The number of benzene rings is 1. The van der Waals surface area contributed by atoms with Gasteiger partial charge in [0.15, 0.2) is 5.65 Å². The largest absolute Gasteiger partial charge is 0.383 e. The number of hydrogen-bond donors (Lipinski definition) is 1. The van der Waals surface area contributed by atoms with Crippen LogP contribution in [0.5, 0.6) is 0 Å². The van der Waals surface area contributed by atoms with E-state index < -0.39 is 12.0 Å². The lowest BCUT2D eigenvalue weighted by Gasteiger charge is -2.27. The predicted molar refractivity (Wildman–Crippen MR) is 121 cm³/mol. The fourth-order valence-electron chi connectivity index (χ4n) is 3.99. The van der Waals surface area contributed by atoms with E-state index in [1.54, 1.807) is 40.9 Å². The molecule has 2 atom stereocenters. The summed E-state index contributed by atoms with van der Waals surface area (Å²) in [5.74, 6) is -0.581. The SMILES string of the molecule is Cc1cnc2c(C(=O)N3CCC(N(C)C(=O)C(O)Cc4cc(Cl)cc(Cl)c4)C3)cnn2c1. The number of likely N-dealkylation sites (N-methyl/N-ethyl adjacent to an activating group) is 1. The fraction of sp³-hybridized carbons (Fsp3) is 0.364. The molecule has 1 fully saturated rings. The number of halogens is 2. The smallest absolute Gasteiger partial charge is 0.259 e. The molecule has 1 N–H and O–H groups in total. The summed E-state index contributed by atoms with van der Waals surface area (Å²) in [5, 5.41) is 15.6. The van der Waals surface area contributed by atoms with E-state index in [0.29, 0.717) is 46.3 Å². The minimum absolute atomic E-state index is 0.103. The van der Waals surface area contributed by atoms with E-state index in [9.17, 15) is 14.7 Å². The van der Waals surface area contributed by atoms with Gasteiger partial charge in [0, 0.05) is 49.0 Å². The Morgan fingerprint density at radius 1 is 1.25 bits per heavy atom. The van der Waals surface area contributed by atoms with Crippen molar-refractivity contribution in [3.05, 3.63) is 63.5 Å². The third kappa shape index (κ3) is 4.57. The average molecular weight is 476 g/mol. The monoisotopic (exact) mass is 475 g/mol. The van der Waals surface area contributed by atoms with Crippen molar-refractivity contribution >= 4 is 40.7 Å². The van der Waals surface area contributed by atoms with Gasteiger partial charge >= 0.3 is 0 Å². The molecule has 10 heteroatoms. The predicted octanol–water partition coefficient (Wildman–Crippen LogP) is 2.62. The second kappa shape index (κ2) is 9.05. The van der Waals surface area contributed by atoms with Crippen LogP contribution >= 0.6 is 23.2 Å². The number of fused-ring (bicyclic) bond motifs is 1. The lowest BCUT2D eigenvalue weighted by atomic mass is 10.1. The topological polar surface area (TPSA) is 91.0 Å². The molecule has 1 aromatic carbocycles. The van der Waals surface area contributed by atoms with Gasteiger partial charge in [0.25, 0.3) is 11.8 Å². The number of aliphatic hydroxyl groups excluding tert-OH is 1. The molecular formula is C22H23Cl2N5O3. The van der Waals surface area contributed by atoms with Gasteiger partial charge in [0.1, 0.15) is 11.7 Å². The van der Waals surface area contributed by atoms with Gasteiger partial charge in [0.05, 0.1) is 12.2 Å². The number of aliphatic hydroxyl groups is 1. The number of aryl methyl sites for hydroxylation is 1. The fourth-order valence-corrected chi connectivity index (χ4v) is 4.56. The summed E-state index contributed by atoms with van der Waals surface area (Å²) >= 11 is 12.0. The van der Waals surface area contributed by atoms with Gasteiger partial charge in [-0.1, -0.05) is 23.2 Å². The van der Waals surface area contributed by atoms with Crippen LogP contribution in [-0.2, 0) is 11.2 Å². The van der Waals surface area contributed by atoms with Crippen LogP contribution in [0.2, 0.25) is 10.0 Å². The van der Waals surface area contributed by atoms with Crippen molar-refractivity contribution in [2.45, 2.75) is 31.9 Å². The maximum absolute atomic E-state index is 13.0. The van der Waals surface area contributed by atoms with Gasteiger partial charge < -0.3 is 14.9 Å². The van der Waals surface area contributed by atoms with Gasteiger partial charge in [-0.05, 0) is 42.7 Å². The van der Waals surface area contributed by atoms with Crippen LogP contribution < -0.4 is 0 Å². The number of hydrogen-bond acceptors (Lipinski definition) is 5. The summed E-state index contributed by atoms with van der Waals surface area (Å²) in [6.45, 7) is 2.78. The molecule has 1 aliphatic heterocycles. The van der Waals surface area contributed by atoms with E-state index in [-0.39, 0.29) is 18.4 Å². The van der Waals surface area contributed by atoms with Crippen molar-refractivity contribution in [2.24, 2.45) is 0 Å². The standard InChI is InChI=1S/C22H23Cl2N5O3/c1-13-9-25-20-18(10-26-29(20)11-13)21(31)28-4-3-17(12-28)27(2)22(32)19(30)7-14-5-15(23)8-16(24)6-14/h5-6,8-11,17,19,30H,3-4,7,12H2,1-2H3. The summed E-state index contributed by atoms with van der Waals surface area (Å²) in [4.78, 5) is 33.4. The first-order valence-electron chi connectivity index (χ1n) is 10.2. The van der Waals surface area contributed by atoms with Crippen LogP contribution in [0.1, 0.15) is 27.9 Å². The zero-order valence-electron chi connectivity index (χ0n) is 17.7. The van der Waals surface area contributed by atoms with Crippen molar-refractivity contribution < 1.29 is 14.7 Å². The molecule has 2 amide bonds. The van der Waals surface area contributed by atoms with Crippen LogP contribution in [0.25, 0.3) is 5.65 Å². The summed E-state index contributed by atoms with van der Waals surface area (Å²) < 4.78 is 1.59. The van der Waals surface area contributed by atoms with Crippen LogP contribution in [-0.4, -0.2) is 73.6 Å². The lowest BCUT2D eigenvalue weighted by Crippen LogP contribution is -2.45. The minimum Gasteiger partial charge on any atom is -0.383 e. The summed E-state index contributed by atoms with van der Waals surface area (Å²) in [6, 6.07) is 4.75. The van der Waals surface area contributed by atoms with Gasteiger partial charge in [-0.2, -0.15) is 5.10 Å². The second-order valence-electron chi connectivity index (χ2n) is 8.10. The zero-order valence-corrected chi connectivity index (χ0v) is 19.2. The average Bonchev–Trinajstić information content (AvgIpc) is 3.38. The molecule has 3 heterocycles. The Balaban J connectivity index is 1.40. The molecule has 0 radical (unpaired) electrons. The van der Waals surface area contributed by atoms with Crippen LogP contribution in [0.4, 0.5) is 0 Å². The van der Waals surface area contributed by atoms with Crippen molar-refractivity contribution in [3.63, 3.8) is 0 Å². The molecular weight excluding hydrogens is 453 g/mol. The van der Waals surface area contributed by atoms with Gasteiger partial charge in [-0.3, -0.25) is 9.59 Å². The Bertz CT molecular complexity index is 1160. The Morgan fingerprint density at radius 2 is 1.97 bits per heavy atom. The highest BCUT2D eigenvalue weighted by molar-refractivity contribution is 6.34. The van der Waals surface area contributed by atoms with Crippen molar-refractivity contribution in [2.75, 3.05) is 20.1 Å². The van der Waals surface area contributed by atoms with Crippen LogP contribution in [0.15, 0.2) is 36.8 Å². The Labute approximate surface area is 195 Å². The molecule has 1 aliphatic rings. The van der Waals surface area contributed by atoms with Crippen LogP contribution in [0, 0.1) is 6.92 Å².